The number of hydrogen-bond acceptors (Lipinski definition) is 3. The van der Waals surface area contributed by atoms with Gasteiger partial charge in [-0.1, -0.05) is 12.1 Å². The van der Waals surface area contributed by atoms with E-state index in [0.717, 1.165) is 0 Å². The van der Waals surface area contributed by atoms with Gasteiger partial charge in [-0.2, -0.15) is 0 Å². The molecule has 21 heavy (non-hydrogen) atoms. The first-order chi connectivity index (χ1) is 10.2. The maximum atomic E-state index is 13.5. The van der Waals surface area contributed by atoms with Gasteiger partial charge in [0.2, 0.25) is 0 Å². The zero-order chi connectivity index (χ0) is 15.2. The highest BCUT2D eigenvalue weighted by Crippen LogP contribution is 2.28. The van der Waals surface area contributed by atoms with E-state index in [1.807, 2.05) is 6.92 Å². The molecule has 0 unspecified atom stereocenters. The number of methoxy groups -OCH3 is 1. The number of halogens is 1. The average molecular weight is 289 g/mol. The zero-order valence-corrected chi connectivity index (χ0v) is 11.9. The number of benzene rings is 2. The van der Waals surface area contributed by atoms with Crippen LogP contribution in [0, 0.1) is 5.82 Å². The van der Waals surface area contributed by atoms with Crippen molar-refractivity contribution in [1.29, 1.82) is 0 Å². The van der Waals surface area contributed by atoms with Crippen LogP contribution in [0.5, 0.6) is 11.5 Å². The average Bonchev–Trinajstić information content (AvgIpc) is 2.50. The van der Waals surface area contributed by atoms with Crippen LogP contribution in [0.15, 0.2) is 42.5 Å². The Labute approximate surface area is 122 Å². The Hall–Kier alpha value is -2.56. The summed E-state index contributed by atoms with van der Waals surface area (Å²) in [7, 11) is 1.52. The molecule has 2 aromatic carbocycles. The number of para-hydroxylation sites is 1. The predicted octanol–water partition coefficient (Wildman–Crippen LogP) is 3.49. The third kappa shape index (κ3) is 3.51. The Morgan fingerprint density at radius 2 is 1.95 bits per heavy atom. The van der Waals surface area contributed by atoms with Gasteiger partial charge in [-0.05, 0) is 37.3 Å². The monoisotopic (exact) mass is 289 g/mol. The van der Waals surface area contributed by atoms with Crippen LogP contribution in [0.4, 0.5) is 10.1 Å². The molecule has 1 amide bonds. The molecule has 0 aliphatic rings. The van der Waals surface area contributed by atoms with Crippen LogP contribution < -0.4 is 14.8 Å². The molecule has 0 aliphatic carbocycles. The van der Waals surface area contributed by atoms with Gasteiger partial charge in [0.05, 0.1) is 19.4 Å². The Balaban J connectivity index is 2.23. The fraction of sp³-hybridized carbons (Fsp3) is 0.188. The van der Waals surface area contributed by atoms with Gasteiger partial charge in [-0.3, -0.25) is 4.79 Å². The summed E-state index contributed by atoms with van der Waals surface area (Å²) < 4.78 is 24.1. The van der Waals surface area contributed by atoms with Gasteiger partial charge in [0, 0.05) is 5.56 Å². The number of carbonyl (C=O) groups is 1. The molecule has 5 heteroatoms. The van der Waals surface area contributed by atoms with Crippen molar-refractivity contribution in [3.05, 3.63) is 53.8 Å². The summed E-state index contributed by atoms with van der Waals surface area (Å²) in [6, 6.07) is 10.8. The van der Waals surface area contributed by atoms with Gasteiger partial charge in [0.15, 0.2) is 11.5 Å². The van der Waals surface area contributed by atoms with Crippen LogP contribution in [0.1, 0.15) is 17.3 Å². The van der Waals surface area contributed by atoms with Crippen molar-refractivity contribution in [1.82, 2.24) is 0 Å². The Bertz CT molecular complexity index is 643. The van der Waals surface area contributed by atoms with Crippen LogP contribution in [0.2, 0.25) is 0 Å². The lowest BCUT2D eigenvalue weighted by Crippen LogP contribution is -2.13. The Kier molecular flexibility index (Phi) is 4.77. The summed E-state index contributed by atoms with van der Waals surface area (Å²) in [6.07, 6.45) is 0. The smallest absolute Gasteiger partial charge is 0.255 e. The summed E-state index contributed by atoms with van der Waals surface area (Å²) in [4.78, 5) is 12.1. The second-order valence-electron chi connectivity index (χ2n) is 4.23. The number of nitrogens with one attached hydrogen (secondary N) is 1. The fourth-order valence-electron chi connectivity index (χ4n) is 1.84. The van der Waals surface area contributed by atoms with Crippen molar-refractivity contribution in [2.24, 2.45) is 0 Å². The largest absolute Gasteiger partial charge is 0.493 e. The fourth-order valence-corrected chi connectivity index (χ4v) is 1.84. The molecule has 0 radical (unpaired) electrons. The maximum absolute atomic E-state index is 13.5. The molecule has 110 valence electrons. The molecule has 0 heterocycles. The Morgan fingerprint density at radius 1 is 1.19 bits per heavy atom. The molecule has 0 saturated carbocycles. The number of ether oxygens (including phenoxy) is 2. The summed E-state index contributed by atoms with van der Waals surface area (Å²) in [5, 5.41) is 2.52. The summed E-state index contributed by atoms with van der Waals surface area (Å²) in [6.45, 7) is 2.29. The van der Waals surface area contributed by atoms with Crippen LogP contribution in [0.3, 0.4) is 0 Å². The van der Waals surface area contributed by atoms with E-state index in [2.05, 4.69) is 5.32 Å². The third-order valence-electron chi connectivity index (χ3n) is 2.85. The topological polar surface area (TPSA) is 47.6 Å². The third-order valence-corrected chi connectivity index (χ3v) is 2.85. The molecule has 0 aromatic heterocycles. The van der Waals surface area contributed by atoms with Gasteiger partial charge >= 0.3 is 0 Å². The van der Waals surface area contributed by atoms with Crippen LogP contribution in [0.25, 0.3) is 0 Å². The minimum Gasteiger partial charge on any atom is -0.493 e. The van der Waals surface area contributed by atoms with E-state index in [-0.39, 0.29) is 5.69 Å². The maximum Gasteiger partial charge on any atom is 0.255 e. The number of carbonyl (C=O) groups excluding carboxylic acids is 1. The lowest BCUT2D eigenvalue weighted by atomic mass is 10.1. The second kappa shape index (κ2) is 6.74. The van der Waals surface area contributed by atoms with Crippen molar-refractivity contribution in [3.8, 4) is 11.5 Å². The molecule has 4 nitrogen and oxygen atoms in total. The van der Waals surface area contributed by atoms with Crippen molar-refractivity contribution >= 4 is 11.6 Å². The van der Waals surface area contributed by atoms with Gasteiger partial charge in [0.25, 0.3) is 5.91 Å². The van der Waals surface area contributed by atoms with Crippen molar-refractivity contribution < 1.29 is 18.7 Å². The second-order valence-corrected chi connectivity index (χ2v) is 4.23. The molecule has 0 bridgehead atoms. The zero-order valence-electron chi connectivity index (χ0n) is 11.9. The molecule has 0 fully saturated rings. The highest BCUT2D eigenvalue weighted by molar-refractivity contribution is 6.04. The van der Waals surface area contributed by atoms with Crippen LogP contribution >= 0.6 is 0 Å². The molecular formula is C16H16FNO3. The number of anilines is 1. The summed E-state index contributed by atoms with van der Waals surface area (Å²) in [5.41, 5.74) is 0.499. The molecule has 2 aromatic rings. The predicted molar refractivity (Wildman–Crippen MR) is 78.5 cm³/mol. The normalized spacial score (nSPS) is 10.0. The lowest BCUT2D eigenvalue weighted by molar-refractivity contribution is 0.102. The van der Waals surface area contributed by atoms with E-state index in [9.17, 15) is 9.18 Å². The van der Waals surface area contributed by atoms with Gasteiger partial charge in [0.1, 0.15) is 5.82 Å². The van der Waals surface area contributed by atoms with Gasteiger partial charge < -0.3 is 14.8 Å². The SMILES string of the molecule is CCOc1cc(C(=O)Nc2ccccc2F)ccc1OC. The molecule has 1 N–H and O–H groups in total. The van der Waals surface area contributed by atoms with E-state index >= 15 is 0 Å². The first-order valence-electron chi connectivity index (χ1n) is 6.52. The number of rotatable bonds is 5. The lowest BCUT2D eigenvalue weighted by Gasteiger charge is -2.11. The minimum atomic E-state index is -0.482. The standard InChI is InChI=1S/C16H16FNO3/c1-3-21-15-10-11(8-9-14(15)20-2)16(19)18-13-7-5-4-6-12(13)17/h4-10H,3H2,1-2H3,(H,18,19). The van der Waals surface area contributed by atoms with Gasteiger partial charge in [-0.15, -0.1) is 0 Å². The first kappa shape index (κ1) is 14.8. The quantitative estimate of drug-likeness (QED) is 0.916. The Morgan fingerprint density at radius 3 is 2.62 bits per heavy atom. The van der Waals surface area contributed by atoms with Crippen molar-refractivity contribution in [2.45, 2.75) is 6.92 Å². The van der Waals surface area contributed by atoms with Crippen molar-refractivity contribution in [3.63, 3.8) is 0 Å². The highest BCUT2D eigenvalue weighted by Gasteiger charge is 2.12. The molecular weight excluding hydrogens is 273 g/mol. The van der Waals surface area contributed by atoms with E-state index in [0.29, 0.717) is 23.7 Å². The van der Waals surface area contributed by atoms with Gasteiger partial charge in [-0.25, -0.2) is 4.39 Å². The van der Waals surface area contributed by atoms with E-state index in [4.69, 9.17) is 9.47 Å². The highest BCUT2D eigenvalue weighted by atomic mass is 19.1. The minimum absolute atomic E-state index is 0.135. The molecule has 0 spiro atoms. The summed E-state index contributed by atoms with van der Waals surface area (Å²) in [5.74, 6) is 0.119. The molecule has 0 aliphatic heterocycles. The van der Waals surface area contributed by atoms with E-state index in [1.165, 1.54) is 19.2 Å². The molecule has 0 atom stereocenters. The van der Waals surface area contributed by atoms with Crippen LogP contribution in [-0.2, 0) is 0 Å². The molecule has 0 saturated heterocycles. The summed E-state index contributed by atoms with van der Waals surface area (Å²) >= 11 is 0. The van der Waals surface area contributed by atoms with E-state index in [1.54, 1.807) is 30.3 Å². The molecule has 2 rings (SSSR count). The van der Waals surface area contributed by atoms with Crippen LogP contribution in [-0.4, -0.2) is 19.6 Å². The van der Waals surface area contributed by atoms with E-state index < -0.39 is 11.7 Å². The first-order valence-corrected chi connectivity index (χ1v) is 6.52. The number of hydrogen-bond donors (Lipinski definition) is 1. The number of amides is 1. The van der Waals surface area contributed by atoms with Crippen molar-refractivity contribution in [2.75, 3.05) is 19.0 Å².